The van der Waals surface area contributed by atoms with E-state index in [0.29, 0.717) is 11.8 Å². The number of hydrogen-bond donors (Lipinski definition) is 0. The van der Waals surface area contributed by atoms with Crippen LogP contribution in [-0.2, 0) is 9.59 Å². The molecule has 0 aromatic carbocycles. The summed E-state index contributed by atoms with van der Waals surface area (Å²) in [5.74, 6) is 0.754. The molecule has 0 heterocycles. The fraction of sp³-hybridized carbons (Fsp3) is 0.636. The van der Waals surface area contributed by atoms with Crippen LogP contribution in [0.3, 0.4) is 0 Å². The third kappa shape index (κ3) is 1.34. The molecule has 4 atom stereocenters. The second kappa shape index (κ2) is 3.54. The Morgan fingerprint density at radius 2 is 1.79 bits per heavy atom. The molecule has 1 saturated carbocycles. The predicted molar refractivity (Wildman–Crippen MR) is 56.9 cm³/mol. The molecule has 2 aliphatic carbocycles. The second-order valence-electron chi connectivity index (χ2n) is 4.13. The van der Waals surface area contributed by atoms with Gasteiger partial charge in [-0.3, -0.25) is 9.59 Å². The van der Waals surface area contributed by atoms with Gasteiger partial charge in [-0.1, -0.05) is 23.9 Å². The highest BCUT2D eigenvalue weighted by Gasteiger charge is 2.49. The van der Waals surface area contributed by atoms with E-state index < -0.39 is 0 Å². The summed E-state index contributed by atoms with van der Waals surface area (Å²) in [6.07, 6.45) is 7.03. The van der Waals surface area contributed by atoms with E-state index in [0.717, 1.165) is 6.42 Å². The molecule has 0 aromatic heterocycles. The van der Waals surface area contributed by atoms with Gasteiger partial charge >= 0.3 is 0 Å². The molecule has 0 saturated heterocycles. The van der Waals surface area contributed by atoms with E-state index in [2.05, 4.69) is 12.2 Å². The lowest BCUT2D eigenvalue weighted by atomic mass is 9.81. The summed E-state index contributed by atoms with van der Waals surface area (Å²) in [7, 11) is 0. The molecule has 1 fully saturated rings. The molecule has 14 heavy (non-hydrogen) atoms. The number of Topliss-reactive ketones (excluding diaryl/α,β-unsaturated/α-hetero) is 1. The van der Waals surface area contributed by atoms with Crippen molar-refractivity contribution < 1.29 is 9.59 Å². The number of fused-ring (bicyclic) bond motifs is 2. The lowest BCUT2D eigenvalue weighted by Gasteiger charge is -2.23. The minimum Gasteiger partial charge on any atom is -0.300 e. The van der Waals surface area contributed by atoms with Gasteiger partial charge in [0, 0.05) is 11.8 Å². The molecule has 2 nitrogen and oxygen atoms in total. The van der Waals surface area contributed by atoms with Crippen molar-refractivity contribution in [2.75, 3.05) is 6.26 Å². The van der Waals surface area contributed by atoms with Crippen LogP contribution in [0.15, 0.2) is 12.2 Å². The van der Waals surface area contributed by atoms with Gasteiger partial charge in [-0.25, -0.2) is 0 Å². The maximum absolute atomic E-state index is 11.7. The van der Waals surface area contributed by atoms with Crippen LogP contribution in [0.5, 0.6) is 0 Å². The topological polar surface area (TPSA) is 34.1 Å². The quantitative estimate of drug-likeness (QED) is 0.653. The zero-order valence-corrected chi connectivity index (χ0v) is 9.21. The first-order chi connectivity index (χ1) is 6.65. The van der Waals surface area contributed by atoms with Crippen LogP contribution in [0.25, 0.3) is 0 Å². The maximum Gasteiger partial charge on any atom is 0.193 e. The Morgan fingerprint density at radius 1 is 1.21 bits per heavy atom. The van der Waals surface area contributed by atoms with Crippen LogP contribution >= 0.6 is 11.8 Å². The molecular weight excluding hydrogens is 196 g/mol. The summed E-state index contributed by atoms with van der Waals surface area (Å²) in [4.78, 5) is 23.2. The molecule has 0 spiro atoms. The molecule has 0 aromatic rings. The third-order valence-corrected chi connectivity index (χ3v) is 4.08. The van der Waals surface area contributed by atoms with Crippen molar-refractivity contribution in [3.63, 3.8) is 0 Å². The smallest absolute Gasteiger partial charge is 0.193 e. The minimum atomic E-state index is -0.0440. The molecule has 3 heteroatoms. The molecule has 0 radical (unpaired) electrons. The summed E-state index contributed by atoms with van der Waals surface area (Å²) in [6.45, 7) is 1.61. The van der Waals surface area contributed by atoms with Crippen molar-refractivity contribution in [2.24, 2.45) is 23.7 Å². The van der Waals surface area contributed by atoms with E-state index in [4.69, 9.17) is 0 Å². The van der Waals surface area contributed by atoms with Crippen LogP contribution < -0.4 is 0 Å². The van der Waals surface area contributed by atoms with E-state index in [-0.39, 0.29) is 22.7 Å². The second-order valence-corrected chi connectivity index (χ2v) is 4.94. The maximum atomic E-state index is 11.7. The Morgan fingerprint density at radius 3 is 2.29 bits per heavy atom. The minimum absolute atomic E-state index is 0.0371. The summed E-state index contributed by atoms with van der Waals surface area (Å²) in [5.41, 5.74) is 0. The van der Waals surface area contributed by atoms with Crippen molar-refractivity contribution in [1.82, 2.24) is 0 Å². The van der Waals surface area contributed by atoms with Gasteiger partial charge in [0.05, 0.1) is 0 Å². The molecular formula is C11H14O2S. The third-order valence-electron chi connectivity index (χ3n) is 3.40. The first-order valence-electron chi connectivity index (χ1n) is 4.91. The monoisotopic (exact) mass is 210 g/mol. The summed E-state index contributed by atoms with van der Waals surface area (Å²) in [6, 6.07) is 0. The molecule has 0 aliphatic heterocycles. The zero-order valence-electron chi connectivity index (χ0n) is 8.40. The van der Waals surface area contributed by atoms with Crippen molar-refractivity contribution >= 4 is 22.7 Å². The first kappa shape index (κ1) is 9.97. The Bertz CT molecular complexity index is 308. The summed E-state index contributed by atoms with van der Waals surface area (Å²) in [5, 5.41) is 0.182. The van der Waals surface area contributed by atoms with Gasteiger partial charge in [0.25, 0.3) is 0 Å². The number of hydrogen-bond acceptors (Lipinski definition) is 3. The van der Waals surface area contributed by atoms with Gasteiger partial charge in [-0.15, -0.1) is 0 Å². The average molecular weight is 210 g/mol. The van der Waals surface area contributed by atoms with Gasteiger partial charge in [-0.05, 0) is 31.4 Å². The van der Waals surface area contributed by atoms with Crippen LogP contribution in [0.1, 0.15) is 13.3 Å². The Hall–Kier alpha value is -0.570. The van der Waals surface area contributed by atoms with E-state index in [9.17, 15) is 9.59 Å². The average Bonchev–Trinajstić information content (AvgIpc) is 2.74. The lowest BCUT2D eigenvalue weighted by molar-refractivity contribution is -0.127. The lowest BCUT2D eigenvalue weighted by Crippen LogP contribution is -2.30. The highest BCUT2D eigenvalue weighted by atomic mass is 32.2. The molecule has 0 N–H and O–H groups in total. The fourth-order valence-corrected chi connectivity index (χ4v) is 3.43. The van der Waals surface area contributed by atoms with Crippen LogP contribution in [0.4, 0.5) is 0 Å². The van der Waals surface area contributed by atoms with Crippen molar-refractivity contribution in [1.29, 1.82) is 0 Å². The first-order valence-corrected chi connectivity index (χ1v) is 6.14. The van der Waals surface area contributed by atoms with Gasteiger partial charge in [0.15, 0.2) is 5.12 Å². The normalized spacial score (nSPS) is 39.0. The van der Waals surface area contributed by atoms with Crippen molar-refractivity contribution in [3.8, 4) is 0 Å². The molecule has 0 unspecified atom stereocenters. The van der Waals surface area contributed by atoms with Crippen molar-refractivity contribution in [3.05, 3.63) is 12.2 Å². The van der Waals surface area contributed by atoms with E-state index in [1.165, 1.54) is 11.8 Å². The molecule has 0 amide bonds. The fourth-order valence-electron chi connectivity index (χ4n) is 2.83. The highest BCUT2D eigenvalue weighted by molar-refractivity contribution is 8.13. The number of carbonyl (C=O) groups excluding carboxylic acids is 2. The molecule has 76 valence electrons. The Labute approximate surface area is 88.1 Å². The van der Waals surface area contributed by atoms with Gasteiger partial charge in [0.2, 0.25) is 0 Å². The van der Waals surface area contributed by atoms with E-state index in [1.54, 1.807) is 13.2 Å². The number of thioether (sulfide) groups is 1. The predicted octanol–water partition coefficient (Wildman–Crippen LogP) is 1.90. The number of rotatable bonds is 2. The summed E-state index contributed by atoms with van der Waals surface area (Å²) < 4.78 is 0. The van der Waals surface area contributed by atoms with E-state index in [1.807, 2.05) is 0 Å². The largest absolute Gasteiger partial charge is 0.300 e. The number of ketones is 1. The van der Waals surface area contributed by atoms with Crippen LogP contribution in [0.2, 0.25) is 0 Å². The van der Waals surface area contributed by atoms with Gasteiger partial charge < -0.3 is 0 Å². The zero-order chi connectivity index (χ0) is 10.3. The number of carbonyl (C=O) groups is 2. The molecule has 2 bridgehead atoms. The van der Waals surface area contributed by atoms with Crippen molar-refractivity contribution in [2.45, 2.75) is 13.3 Å². The Balaban J connectivity index is 2.26. The van der Waals surface area contributed by atoms with Crippen LogP contribution in [-0.4, -0.2) is 17.2 Å². The SMILES string of the molecule is CSC(=O)[C@H]1[C@H](C(C)=O)[C@H]2C=C[C@@H]1C2. The number of allylic oxidation sites excluding steroid dienone is 2. The van der Waals surface area contributed by atoms with Crippen LogP contribution in [0, 0.1) is 23.7 Å². The van der Waals surface area contributed by atoms with Gasteiger partial charge in [0.1, 0.15) is 5.78 Å². The highest BCUT2D eigenvalue weighted by Crippen LogP contribution is 2.49. The molecule has 2 rings (SSSR count). The standard InChI is InChI=1S/C11H14O2S/c1-6(12)9-7-3-4-8(5-7)10(9)11(13)14-2/h3-4,7-10H,5H2,1-2H3/t7-,8+,9+,10+/m0/s1. The molecule has 2 aliphatic rings. The van der Waals surface area contributed by atoms with E-state index >= 15 is 0 Å². The Kier molecular flexibility index (Phi) is 2.52. The summed E-state index contributed by atoms with van der Waals surface area (Å²) >= 11 is 1.26. The van der Waals surface area contributed by atoms with Gasteiger partial charge in [-0.2, -0.15) is 0 Å².